The Morgan fingerprint density at radius 3 is 1.06 bits per heavy atom. The first kappa shape index (κ1) is 122. The van der Waals surface area contributed by atoms with Gasteiger partial charge in [0.1, 0.15) is 5.76 Å². The van der Waals surface area contributed by atoms with Crippen LogP contribution in [-0.2, 0) is 57.8 Å². The van der Waals surface area contributed by atoms with Crippen LogP contribution < -0.4 is 114 Å². The standard InChI is InChI=1S/C10H17N5O.3C10H17N5S.4C9H15N5S.C8H13N5S/c1-15(2)10(12)14-9(11)13-6-5-8-4-3-7-16-8;1-13-9(11)14-10(12)15(2)6-5-8-4-3-7-16-8;1-14(10(13)15(2)9(11)12)6-5-8-4-3-7-16-8;1-13-10(14-9(11)12)15(2)6-5-8-4-3-7-16-8;1-12-8(10)14-9(11)13-5-4-7-3-2-6-15-7;1-14(9(12)13-8(10)11)5-4-7-3-2-6-15-7;1-14(8(10)11)9(12)13-5-4-7-3-2-6-15-7;1-12-9(14-8(10)11)13-5-4-7-3-2-6-15-7;9-7(10)13-8(11)12-4-3-6-2-1-5-14-6/h2*3-4,7H,5-6H2,1-2H3,(H4,11,12,13,14);3-4,7,13H,5-6H2,1-2H3,(H3,11,12);3-4,7H,5-6H2,1-2H3,(H4,11,12,13,14);2-3,6H,4-5H2,1H3,(H5,10,11,12,13,14);2-3,6H,4-5H2,1H3,(H5,10,11,12,13);2-3,6H,4-5H2,1H3,(H3,10,11)(H2,12,13);2-3,6H,4-5H2,1H3,(H5,10,11,12,13,14);1-2,5H,3-4H2,(H6,9,10,11,12,13). The summed E-state index contributed by atoms with van der Waals surface area (Å²) in [6.45, 7) is 6.29. The molecule has 0 aromatic carbocycles. The lowest BCUT2D eigenvalue weighted by atomic mass is 10.3. The summed E-state index contributed by atoms with van der Waals surface area (Å²) in [5.74, 6) is 3.97. The van der Waals surface area contributed by atoms with Gasteiger partial charge in [-0.1, -0.05) is 48.5 Å². The largest absolute Gasteiger partial charge is 0.469 e. The van der Waals surface area contributed by atoms with Gasteiger partial charge < -0.3 is 137 Å². The van der Waals surface area contributed by atoms with Crippen molar-refractivity contribution >= 4 is 198 Å². The Balaban J connectivity index is 0.000000776. The average Bonchev–Trinajstić information content (AvgIpc) is 0.917. The maximum Gasteiger partial charge on any atom is 0.223 e. The van der Waals surface area contributed by atoms with E-state index in [0.29, 0.717) is 62.4 Å². The first-order chi connectivity index (χ1) is 65.7. The predicted octanol–water partition coefficient (Wildman–Crippen LogP) is 2.98. The van der Waals surface area contributed by atoms with Crippen LogP contribution in [-0.4, -0.2) is 285 Å². The first-order valence-electron chi connectivity index (χ1n) is 41.9. The molecule has 138 heavy (non-hydrogen) atoms. The zero-order chi connectivity index (χ0) is 103. The topological polar surface area (TPSA) is 797 Å². The lowest BCUT2D eigenvalue weighted by Crippen LogP contribution is -2.46. The van der Waals surface area contributed by atoms with Crippen LogP contribution in [0.5, 0.6) is 0 Å². The van der Waals surface area contributed by atoms with Crippen molar-refractivity contribution in [2.75, 3.05) is 143 Å². The van der Waals surface area contributed by atoms with Gasteiger partial charge in [0, 0.05) is 208 Å². The minimum atomic E-state index is -0.118. The van der Waals surface area contributed by atoms with E-state index in [1.807, 2.05) is 119 Å². The van der Waals surface area contributed by atoms with E-state index in [2.05, 4.69) is 145 Å². The maximum absolute atomic E-state index is 7.79. The van der Waals surface area contributed by atoms with Gasteiger partial charge in [-0.3, -0.25) is 76.7 Å². The van der Waals surface area contributed by atoms with E-state index in [1.165, 1.54) is 48.8 Å². The zero-order valence-corrected chi connectivity index (χ0v) is 86.8. The van der Waals surface area contributed by atoms with Crippen LogP contribution in [0.1, 0.15) is 44.8 Å². The fraction of sp³-hybridized carbons (Fsp3) is 0.357. The van der Waals surface area contributed by atoms with E-state index >= 15 is 0 Å². The molecular formula is C84H141N45OS8. The summed E-state index contributed by atoms with van der Waals surface area (Å²) in [6, 6.07) is 36.6. The zero-order valence-electron chi connectivity index (χ0n) is 80.3. The minimum absolute atomic E-state index is 0.0132. The van der Waals surface area contributed by atoms with Crippen molar-refractivity contribution in [3.63, 3.8) is 0 Å². The molecule has 9 rings (SSSR count). The molecule has 0 aliphatic rings. The lowest BCUT2D eigenvalue weighted by molar-refractivity contribution is 0.450. The van der Waals surface area contributed by atoms with Crippen molar-refractivity contribution < 1.29 is 4.42 Å². The summed E-state index contributed by atoms with van der Waals surface area (Å²) in [5, 5.41) is 51.8. The van der Waals surface area contributed by atoms with Gasteiger partial charge in [-0.2, -0.15) is 30.0 Å². The molecule has 0 radical (unpaired) electrons. The number of guanidine groups is 18. The Bertz CT molecular complexity index is 5190. The normalized spacial score (nSPS) is 11.5. The number of thiophene rings is 8. The number of likely N-dealkylation sites (N-methyl/N-ethyl adjacent to an activating group) is 4. The monoisotopic (exact) mass is 2050 g/mol. The Kier molecular flexibility index (Phi) is 64.2. The summed E-state index contributed by atoms with van der Waals surface area (Å²) in [5.41, 5.74) is 96.7. The van der Waals surface area contributed by atoms with Gasteiger partial charge in [-0.15, -0.1) is 90.7 Å². The second kappa shape index (κ2) is 72.9. The molecule has 0 aliphatic heterocycles. The maximum atomic E-state index is 7.79. The molecule has 0 saturated carbocycles. The van der Waals surface area contributed by atoms with E-state index in [9.17, 15) is 0 Å². The highest BCUT2D eigenvalue weighted by Crippen LogP contribution is 2.16. The average molecular weight is 2050 g/mol. The number of nitrogens with zero attached hydrogens (tertiary/aromatic N) is 21. The fourth-order valence-corrected chi connectivity index (χ4v) is 15.1. The molecule has 0 saturated heterocycles. The first-order valence-corrected chi connectivity index (χ1v) is 49.0. The quantitative estimate of drug-likeness (QED) is 0.0260. The highest BCUT2D eigenvalue weighted by atomic mass is 32.1. The Hall–Kier alpha value is -14.5. The Morgan fingerprint density at radius 2 is 0.696 bits per heavy atom. The molecular weight excluding hydrogens is 1910 g/mol. The molecule has 0 atom stereocenters. The summed E-state index contributed by atoms with van der Waals surface area (Å²) in [6.07, 6.45) is 9.61. The molecule has 9 aromatic heterocycles. The Morgan fingerprint density at radius 1 is 0.326 bits per heavy atom. The minimum Gasteiger partial charge on any atom is -0.469 e. The third-order valence-corrected chi connectivity index (χ3v) is 24.5. The van der Waals surface area contributed by atoms with Crippen molar-refractivity contribution in [1.82, 2.24) is 44.9 Å². The number of hydrogen-bond donors (Lipinski definition) is 24. The van der Waals surface area contributed by atoms with E-state index < -0.39 is 0 Å². The molecule has 0 aliphatic carbocycles. The molecule has 0 unspecified atom stereocenters. The van der Waals surface area contributed by atoms with Crippen LogP contribution >= 0.6 is 90.7 Å². The second-order valence-corrected chi connectivity index (χ2v) is 36.2. The number of rotatable bonds is 27. The van der Waals surface area contributed by atoms with Gasteiger partial charge in [0.2, 0.25) is 35.8 Å². The van der Waals surface area contributed by atoms with Crippen molar-refractivity contribution in [3.05, 3.63) is 203 Å². The summed E-state index contributed by atoms with van der Waals surface area (Å²) in [4.78, 5) is 76.6. The van der Waals surface area contributed by atoms with Crippen LogP contribution in [0, 0.1) is 21.6 Å². The molecule has 0 spiro atoms. The van der Waals surface area contributed by atoms with Crippen LogP contribution in [0.2, 0.25) is 0 Å². The molecule has 0 amide bonds. The third kappa shape index (κ3) is 60.7. The number of furan rings is 1. The van der Waals surface area contributed by atoms with Crippen molar-refractivity contribution in [2.45, 2.75) is 57.8 Å². The molecule has 756 valence electrons. The van der Waals surface area contributed by atoms with E-state index in [4.69, 9.17) is 129 Å². The van der Waals surface area contributed by atoms with Crippen molar-refractivity contribution in [2.24, 2.45) is 173 Å². The number of hydrogen-bond acceptors (Lipinski definition) is 21. The molecule has 9 aromatic rings. The number of nitrogens with two attached hydrogens (primary N) is 18. The molecule has 46 nitrogen and oxygen atoms in total. The highest BCUT2D eigenvalue weighted by Gasteiger charge is 2.14. The van der Waals surface area contributed by atoms with Gasteiger partial charge in [0.15, 0.2) is 71.5 Å². The lowest BCUT2D eigenvalue weighted by Gasteiger charge is -2.26. The van der Waals surface area contributed by atoms with Crippen LogP contribution in [0.25, 0.3) is 0 Å². The SMILES string of the molecule is CN(C(=N)N)C(N)=NCCc1cccs1.CN(C)C(N)=NC(N)=NCCc1ccco1.CN(CCc1cccs1)C(=N)N(C)C(=N)N.CN(CCc1cccs1)C(=N)N=C(N)N.CN=C(N)N=C(N)N(C)CCc1cccs1.CN=C(N)NC(N)=NCCc1cccs1.CN=C(N=C(N)N)N(C)CCc1cccs1.CN=C(N=C(N)N)NCCc1cccs1.NC(N)=NC(N)=NCCc1cccs1. The fourth-order valence-electron chi connectivity index (χ4n) is 9.48. The molecule has 9 heterocycles. The summed E-state index contributed by atoms with van der Waals surface area (Å²) in [7, 11) is 20.7. The highest BCUT2D eigenvalue weighted by molar-refractivity contribution is 7.11. The van der Waals surface area contributed by atoms with Crippen molar-refractivity contribution in [3.8, 4) is 0 Å². The number of aliphatic imine (C=N–C) groups is 14. The van der Waals surface area contributed by atoms with Crippen molar-refractivity contribution in [1.29, 1.82) is 21.6 Å². The molecule has 0 fully saturated rings. The van der Waals surface area contributed by atoms with Gasteiger partial charge in [0.25, 0.3) is 0 Å². The summed E-state index contributed by atoms with van der Waals surface area (Å²) < 4.78 is 5.16. The van der Waals surface area contributed by atoms with Crippen LogP contribution in [0.3, 0.4) is 0 Å². The molecule has 0 bridgehead atoms. The third-order valence-electron chi connectivity index (χ3n) is 17.0. The number of nitrogens with one attached hydrogen (secondary N) is 6. The van der Waals surface area contributed by atoms with Gasteiger partial charge >= 0.3 is 0 Å². The summed E-state index contributed by atoms with van der Waals surface area (Å²) >= 11 is 13.7. The molecule has 42 N–H and O–H groups in total. The van der Waals surface area contributed by atoms with E-state index in [0.717, 1.165) is 89.9 Å². The van der Waals surface area contributed by atoms with E-state index in [1.54, 1.807) is 175 Å². The predicted molar refractivity (Wildman–Crippen MR) is 591 cm³/mol. The second-order valence-electron chi connectivity index (χ2n) is 28.0. The van der Waals surface area contributed by atoms with Gasteiger partial charge in [-0.05, 0) is 136 Å². The van der Waals surface area contributed by atoms with Gasteiger partial charge in [0.05, 0.1) is 6.26 Å². The van der Waals surface area contributed by atoms with E-state index in [-0.39, 0.29) is 77.5 Å². The van der Waals surface area contributed by atoms with Crippen LogP contribution in [0.4, 0.5) is 0 Å². The van der Waals surface area contributed by atoms with Crippen LogP contribution in [0.15, 0.2) is 233 Å². The smallest absolute Gasteiger partial charge is 0.223 e. The molecule has 54 heteroatoms. The van der Waals surface area contributed by atoms with Gasteiger partial charge in [-0.25, -0.2) is 0 Å². The Labute approximate surface area is 840 Å².